The normalized spacial score (nSPS) is 10.8. The Labute approximate surface area is 166 Å². The van der Waals surface area contributed by atoms with Crippen LogP contribution in [0.3, 0.4) is 0 Å². The number of anilines is 1. The van der Waals surface area contributed by atoms with Gasteiger partial charge in [-0.1, -0.05) is 43.5 Å². The van der Waals surface area contributed by atoms with Gasteiger partial charge in [0.2, 0.25) is 5.95 Å². The molecule has 2 aromatic heterocycles. The maximum Gasteiger partial charge on any atom is 0.340 e. The highest BCUT2D eigenvalue weighted by Gasteiger charge is 2.22. The fourth-order valence-corrected chi connectivity index (χ4v) is 2.98. The number of esters is 1. The SMILES string of the molecule is CCCCCOC(=O)c1cc(-c2nc(N)ncc2Cl)[nH]c1-c1ccccc1F. The lowest BCUT2D eigenvalue weighted by Gasteiger charge is -2.06. The third-order valence-electron chi connectivity index (χ3n) is 4.18. The van der Waals surface area contributed by atoms with Crippen molar-refractivity contribution in [2.75, 3.05) is 12.3 Å². The van der Waals surface area contributed by atoms with Gasteiger partial charge < -0.3 is 15.5 Å². The maximum absolute atomic E-state index is 14.4. The number of unbranched alkanes of at least 4 members (excludes halogenated alkanes) is 2. The Morgan fingerprint density at radius 2 is 2.11 bits per heavy atom. The minimum Gasteiger partial charge on any atom is -0.462 e. The molecule has 28 heavy (non-hydrogen) atoms. The van der Waals surface area contributed by atoms with Crippen molar-refractivity contribution >= 4 is 23.5 Å². The molecule has 3 aromatic rings. The van der Waals surface area contributed by atoms with Crippen LogP contribution >= 0.6 is 11.6 Å². The van der Waals surface area contributed by atoms with Crippen molar-refractivity contribution in [2.45, 2.75) is 26.2 Å². The van der Waals surface area contributed by atoms with Crippen LogP contribution in [-0.2, 0) is 4.74 Å². The van der Waals surface area contributed by atoms with Crippen molar-refractivity contribution in [3.63, 3.8) is 0 Å². The highest BCUT2D eigenvalue weighted by atomic mass is 35.5. The zero-order valence-corrected chi connectivity index (χ0v) is 16.1. The number of aromatic amines is 1. The smallest absolute Gasteiger partial charge is 0.340 e. The van der Waals surface area contributed by atoms with Crippen LogP contribution in [0.2, 0.25) is 5.02 Å². The Morgan fingerprint density at radius 3 is 2.86 bits per heavy atom. The molecular formula is C20H20ClFN4O2. The number of ether oxygens (including phenoxy) is 1. The number of nitrogens with one attached hydrogen (secondary N) is 1. The second-order valence-electron chi connectivity index (χ2n) is 6.22. The molecule has 0 radical (unpaired) electrons. The number of carbonyl (C=O) groups is 1. The van der Waals surface area contributed by atoms with E-state index in [-0.39, 0.29) is 22.1 Å². The summed E-state index contributed by atoms with van der Waals surface area (Å²) in [6, 6.07) is 7.70. The van der Waals surface area contributed by atoms with Crippen LogP contribution in [0.5, 0.6) is 0 Å². The first-order valence-corrected chi connectivity index (χ1v) is 9.32. The van der Waals surface area contributed by atoms with Gasteiger partial charge in [0.1, 0.15) is 11.5 Å². The lowest BCUT2D eigenvalue weighted by Crippen LogP contribution is -2.07. The van der Waals surface area contributed by atoms with E-state index in [1.165, 1.54) is 18.3 Å². The molecule has 2 heterocycles. The number of nitrogen functional groups attached to an aromatic ring is 1. The minimum atomic E-state index is -0.546. The van der Waals surface area contributed by atoms with Gasteiger partial charge in [0, 0.05) is 5.56 Å². The van der Waals surface area contributed by atoms with Gasteiger partial charge in [-0.3, -0.25) is 0 Å². The molecule has 0 bridgehead atoms. The number of halogens is 2. The molecular weight excluding hydrogens is 383 g/mol. The van der Waals surface area contributed by atoms with Gasteiger partial charge in [-0.15, -0.1) is 0 Å². The Hall–Kier alpha value is -2.93. The van der Waals surface area contributed by atoms with E-state index in [0.717, 1.165) is 19.3 Å². The van der Waals surface area contributed by atoms with Crippen molar-refractivity contribution in [3.05, 3.63) is 52.9 Å². The zero-order chi connectivity index (χ0) is 20.1. The molecule has 1 aromatic carbocycles. The van der Waals surface area contributed by atoms with Crippen molar-refractivity contribution < 1.29 is 13.9 Å². The Kier molecular flexibility index (Phi) is 6.26. The first kappa shape index (κ1) is 19.8. The molecule has 0 spiro atoms. The highest BCUT2D eigenvalue weighted by molar-refractivity contribution is 6.32. The number of benzene rings is 1. The van der Waals surface area contributed by atoms with Crippen LogP contribution in [0.1, 0.15) is 36.5 Å². The van der Waals surface area contributed by atoms with Gasteiger partial charge in [-0.25, -0.2) is 19.2 Å². The number of carbonyl (C=O) groups excluding carboxylic acids is 1. The van der Waals surface area contributed by atoms with Crippen LogP contribution in [0.15, 0.2) is 36.5 Å². The van der Waals surface area contributed by atoms with Gasteiger partial charge in [-0.05, 0) is 24.6 Å². The van der Waals surface area contributed by atoms with Crippen molar-refractivity contribution in [1.29, 1.82) is 0 Å². The van der Waals surface area contributed by atoms with Gasteiger partial charge in [-0.2, -0.15) is 0 Å². The number of nitrogens with two attached hydrogens (primary N) is 1. The standard InChI is InChI=1S/C20H20ClFN4O2/c1-2-3-6-9-28-19(27)13-10-16(18-14(21)11-24-20(23)26-18)25-17(13)12-7-4-5-8-15(12)22/h4-5,7-8,10-11,25H,2-3,6,9H2,1H3,(H2,23,24,26). The van der Waals surface area contributed by atoms with Crippen molar-refractivity contribution in [1.82, 2.24) is 15.0 Å². The Bertz CT molecular complexity index is 990. The van der Waals surface area contributed by atoms with E-state index < -0.39 is 11.8 Å². The minimum absolute atomic E-state index is 0.0325. The predicted octanol–water partition coefficient (Wildman–Crippen LogP) is 4.86. The summed E-state index contributed by atoms with van der Waals surface area (Å²) in [6.45, 7) is 2.36. The van der Waals surface area contributed by atoms with E-state index in [2.05, 4.69) is 21.9 Å². The van der Waals surface area contributed by atoms with Crippen molar-refractivity contribution in [2.24, 2.45) is 0 Å². The van der Waals surface area contributed by atoms with Crippen LogP contribution in [0.25, 0.3) is 22.6 Å². The lowest BCUT2D eigenvalue weighted by atomic mass is 10.1. The summed E-state index contributed by atoms with van der Waals surface area (Å²) in [5.74, 6) is -0.982. The molecule has 6 nitrogen and oxygen atoms in total. The van der Waals surface area contributed by atoms with Crippen LogP contribution in [-0.4, -0.2) is 27.5 Å². The van der Waals surface area contributed by atoms with E-state index in [1.807, 2.05) is 0 Å². The second-order valence-corrected chi connectivity index (χ2v) is 6.63. The number of H-pyrrole nitrogens is 1. The summed E-state index contributed by atoms with van der Waals surface area (Å²) in [4.78, 5) is 23.6. The van der Waals surface area contributed by atoms with Crippen LogP contribution in [0.4, 0.5) is 10.3 Å². The molecule has 0 saturated heterocycles. The summed E-state index contributed by atoms with van der Waals surface area (Å²) < 4.78 is 19.7. The van der Waals surface area contributed by atoms with E-state index in [4.69, 9.17) is 22.1 Å². The number of rotatable bonds is 7. The molecule has 3 rings (SSSR count). The van der Waals surface area contributed by atoms with E-state index >= 15 is 0 Å². The number of hydrogen-bond donors (Lipinski definition) is 2. The summed E-state index contributed by atoms with van der Waals surface area (Å²) in [5.41, 5.74) is 7.12. The lowest BCUT2D eigenvalue weighted by molar-refractivity contribution is 0.0499. The quantitative estimate of drug-likeness (QED) is 0.434. The molecule has 0 saturated carbocycles. The molecule has 8 heteroatoms. The number of nitrogens with zero attached hydrogens (tertiary/aromatic N) is 2. The Balaban J connectivity index is 2.04. The monoisotopic (exact) mass is 402 g/mol. The number of hydrogen-bond acceptors (Lipinski definition) is 5. The van der Waals surface area contributed by atoms with E-state index in [0.29, 0.717) is 23.7 Å². The van der Waals surface area contributed by atoms with Crippen LogP contribution in [0, 0.1) is 5.82 Å². The van der Waals surface area contributed by atoms with Crippen LogP contribution < -0.4 is 5.73 Å². The average molecular weight is 403 g/mol. The molecule has 0 unspecified atom stereocenters. The summed E-state index contributed by atoms with van der Waals surface area (Å²) in [6.07, 6.45) is 4.11. The average Bonchev–Trinajstić information content (AvgIpc) is 3.12. The molecule has 0 aliphatic carbocycles. The Morgan fingerprint density at radius 1 is 1.32 bits per heavy atom. The zero-order valence-electron chi connectivity index (χ0n) is 15.3. The largest absolute Gasteiger partial charge is 0.462 e. The first-order valence-electron chi connectivity index (χ1n) is 8.94. The highest BCUT2D eigenvalue weighted by Crippen LogP contribution is 2.33. The van der Waals surface area contributed by atoms with E-state index in [1.54, 1.807) is 18.2 Å². The fourth-order valence-electron chi connectivity index (χ4n) is 2.78. The summed E-state index contributed by atoms with van der Waals surface area (Å²) in [7, 11) is 0. The molecule has 0 aliphatic heterocycles. The van der Waals surface area contributed by atoms with E-state index in [9.17, 15) is 9.18 Å². The molecule has 0 fully saturated rings. The molecule has 0 atom stereocenters. The van der Waals surface area contributed by atoms with Gasteiger partial charge >= 0.3 is 5.97 Å². The number of aromatic nitrogens is 3. The first-order chi connectivity index (χ1) is 13.5. The second kappa shape index (κ2) is 8.84. The third-order valence-corrected chi connectivity index (χ3v) is 4.46. The summed E-state index contributed by atoms with van der Waals surface area (Å²) >= 11 is 6.18. The van der Waals surface area contributed by atoms with Gasteiger partial charge in [0.05, 0.1) is 34.8 Å². The molecule has 0 aliphatic rings. The van der Waals surface area contributed by atoms with Gasteiger partial charge in [0.15, 0.2) is 0 Å². The fraction of sp³-hybridized carbons (Fsp3) is 0.250. The topological polar surface area (TPSA) is 93.9 Å². The maximum atomic E-state index is 14.4. The molecule has 0 amide bonds. The summed E-state index contributed by atoms with van der Waals surface area (Å²) in [5, 5.41) is 0.249. The van der Waals surface area contributed by atoms with Crippen molar-refractivity contribution in [3.8, 4) is 22.6 Å². The van der Waals surface area contributed by atoms with Gasteiger partial charge in [0.25, 0.3) is 0 Å². The molecule has 146 valence electrons. The predicted molar refractivity (Wildman–Crippen MR) is 106 cm³/mol. The third kappa shape index (κ3) is 4.31. The molecule has 3 N–H and O–H groups in total.